The van der Waals surface area contributed by atoms with Crippen LogP contribution in [0.3, 0.4) is 0 Å². The molecule has 3 aromatic rings. The van der Waals surface area contributed by atoms with E-state index in [9.17, 15) is 122 Å². The van der Waals surface area contributed by atoms with Crippen LogP contribution in [-0.4, -0.2) is 202 Å². The number of aliphatic carboxylic acids is 6. The van der Waals surface area contributed by atoms with E-state index in [4.69, 9.17) is 38.5 Å². The smallest absolute Gasteiger partial charge is 0.373 e. The molecule has 0 bridgehead atoms. The summed E-state index contributed by atoms with van der Waals surface area (Å²) >= 11 is 3.89. The van der Waals surface area contributed by atoms with Crippen LogP contribution in [0.5, 0.6) is 5.75 Å². The fraction of sp³-hybridized carbons (Fsp3) is 0.591. The molecule has 0 heterocycles. The number of benzene rings is 3. The maximum Gasteiger partial charge on any atom is 0.373 e. The Bertz CT molecular complexity index is 4330. The molecule has 3 aromatic carbocycles. The number of esters is 3. The quantitative estimate of drug-likeness (QED) is 0.00624. The van der Waals surface area contributed by atoms with Gasteiger partial charge >= 0.3 is 66.0 Å². The third-order valence-electron chi connectivity index (χ3n) is 20.2. The van der Waals surface area contributed by atoms with Gasteiger partial charge in [0.15, 0.2) is 17.3 Å². The first-order valence-electron chi connectivity index (χ1n) is 43.8. The number of ether oxygens (including phenoxy) is 3. The van der Waals surface area contributed by atoms with Gasteiger partial charge in [-0.15, -0.1) is 0 Å². The predicted molar refractivity (Wildman–Crippen MR) is 477 cm³/mol. The van der Waals surface area contributed by atoms with Gasteiger partial charge in [-0.25, -0.2) is 0 Å². The van der Waals surface area contributed by atoms with E-state index < -0.39 is 191 Å². The van der Waals surface area contributed by atoms with Crippen molar-refractivity contribution in [3.05, 3.63) is 106 Å². The zero-order chi connectivity index (χ0) is 101. The monoisotopic (exact) mass is 1890 g/mol. The molecule has 0 saturated heterocycles. The van der Waals surface area contributed by atoms with E-state index >= 15 is 0 Å². The summed E-state index contributed by atoms with van der Waals surface area (Å²) < 4.78 is 16.2. The zero-order valence-corrected chi connectivity index (χ0v) is 77.8. The molecule has 0 aromatic heterocycles. The number of nitro benzene ring substituents is 1. The highest BCUT2D eigenvalue weighted by Gasteiger charge is 2.38. The van der Waals surface area contributed by atoms with Crippen LogP contribution in [0, 0.1) is 45.1 Å². The number of Topliss-reactive ketones (excluding diaryl/α,β-unsaturated/α-hetero) is 4. The molecule has 0 aliphatic rings. The van der Waals surface area contributed by atoms with Crippen molar-refractivity contribution in [2.45, 2.75) is 303 Å². The summed E-state index contributed by atoms with van der Waals surface area (Å²) in [7, 11) is 0. The summed E-state index contributed by atoms with van der Waals surface area (Å²) in [4.78, 5) is 270. The Labute approximate surface area is 777 Å². The molecule has 0 aliphatic heterocycles. The van der Waals surface area contributed by atoms with E-state index in [0.717, 1.165) is 19.3 Å². The molecule has 0 aliphatic carbocycles. The number of carbonyl (C=O) groups excluding carboxylic acids is 16. The molecule has 9 atom stereocenters. The van der Waals surface area contributed by atoms with Crippen LogP contribution >= 0.6 is 12.6 Å². The van der Waals surface area contributed by atoms with Crippen molar-refractivity contribution in [1.29, 1.82) is 0 Å². The lowest BCUT2D eigenvalue weighted by atomic mass is 9.83. The number of rotatable bonds is 63. The minimum atomic E-state index is -1.89. The molecule has 736 valence electrons. The van der Waals surface area contributed by atoms with E-state index in [0.29, 0.717) is 94.6 Å². The average Bonchev–Trinajstić information content (AvgIpc) is 0.830. The molecule has 0 radical (unpaired) electrons. The van der Waals surface area contributed by atoms with E-state index in [2.05, 4.69) is 39.2 Å². The normalized spacial score (nSPS) is 13.0. The fourth-order valence-electron chi connectivity index (χ4n) is 13.4. The Balaban J connectivity index is 0.00000296. The standard InChI is InChI=1S/C59H80N4O20S.C32H50N2O9.2CO2/c64-43(23-14-7-12-21-39(58(80)81)32-51(69)60-26-16-25-52(70)71)22-13-3-1-2-4-15-24-50(68)61-44(28-38-19-10-6-11-20-38)47(65)29-40(27-37-17-8-5-9-18-37)56(78)62-45(34-54(74)75)48(66)30-41(33-53(72)73)57(79)63-46(35-55(76)77)49(67)31-42(36-84)59(82)83;1-30(2,3)25(19-20-28(37)42-31(4,5)6)33-26(35)21-22(29(38)43-32(7,8)9)13-11-10-12-14-27(36)41-24-17-15-23(16-18-24)34(39)40;2*2-1-3/h5-6,8-11,17-20,39-42,44-46,84H,1-4,7,12-16,21-36H2,(H,60,69)(H,61,68)(H,62,78)(H,63,79)(H,70,71)(H,72,73)(H,74,75)(H,76,77)(H,80,81)(H,82,83);15-18,22,25H,10-14,19-21H2,1-9H3,(H,33,35);;/t39-,40-,41+,42+,44+,45+,46+;22-,25+;;/m11../s1. The van der Waals surface area contributed by atoms with Gasteiger partial charge in [0, 0.05) is 107 Å². The topological polar surface area (TPSA) is 628 Å². The number of hydrogen-bond acceptors (Lipinski definition) is 28. The van der Waals surface area contributed by atoms with Crippen molar-refractivity contribution in [3.8, 4) is 5.75 Å². The Morgan fingerprint density at radius 3 is 1.29 bits per heavy atom. The number of carbonyl (C=O) groups is 18. The first kappa shape index (κ1) is 120. The fourth-order valence-corrected chi connectivity index (χ4v) is 13.7. The lowest BCUT2D eigenvalue weighted by Gasteiger charge is -2.32. The maximum atomic E-state index is 14.3. The number of unbranched alkanes of at least 4 members (excludes halogenated alkanes) is 9. The summed E-state index contributed by atoms with van der Waals surface area (Å²) in [5, 5.41) is 80.2. The van der Waals surface area contributed by atoms with Crippen LogP contribution in [-0.2, 0) is 128 Å². The van der Waals surface area contributed by atoms with Crippen LogP contribution in [0.1, 0.15) is 266 Å². The zero-order valence-electron chi connectivity index (χ0n) is 76.9. The van der Waals surface area contributed by atoms with Crippen LogP contribution in [0.2, 0.25) is 0 Å². The van der Waals surface area contributed by atoms with Gasteiger partial charge < -0.3 is 71.4 Å². The molecule has 0 unspecified atom stereocenters. The molecule has 11 N–H and O–H groups in total. The molecule has 3 rings (SSSR count). The maximum absolute atomic E-state index is 14.3. The third-order valence-corrected chi connectivity index (χ3v) is 20.6. The number of nitrogens with one attached hydrogen (secondary N) is 5. The Morgan fingerprint density at radius 2 is 0.827 bits per heavy atom. The third kappa shape index (κ3) is 59.5. The number of hydrogen-bond donors (Lipinski definition) is 12. The second-order valence-electron chi connectivity index (χ2n) is 34.9. The highest BCUT2D eigenvalue weighted by molar-refractivity contribution is 7.80. The van der Waals surface area contributed by atoms with Crippen molar-refractivity contribution in [1.82, 2.24) is 26.6 Å². The number of non-ortho nitro benzene ring substituents is 1. The first-order valence-corrected chi connectivity index (χ1v) is 44.5. The second kappa shape index (κ2) is 65.9. The summed E-state index contributed by atoms with van der Waals surface area (Å²) in [6.45, 7) is 16.8. The number of nitrogens with zero attached hydrogens (tertiary/aromatic N) is 1. The summed E-state index contributed by atoms with van der Waals surface area (Å²) in [5.41, 5.74) is -0.476. The molecular weight excluding hydrogens is 1760 g/mol. The van der Waals surface area contributed by atoms with E-state index in [-0.39, 0.29) is 129 Å². The Morgan fingerprint density at radius 1 is 0.398 bits per heavy atom. The molecule has 5 amide bonds. The number of nitro groups is 1. The van der Waals surface area contributed by atoms with Gasteiger partial charge in [0.2, 0.25) is 29.5 Å². The number of carboxylic acids is 6. The number of thiol groups is 1. The molecule has 39 nitrogen and oxygen atoms in total. The highest BCUT2D eigenvalue weighted by atomic mass is 32.1. The lowest BCUT2D eigenvalue weighted by molar-refractivity contribution is -0.384. The van der Waals surface area contributed by atoms with Crippen LogP contribution < -0.4 is 31.3 Å². The van der Waals surface area contributed by atoms with Crippen molar-refractivity contribution >= 4 is 137 Å². The molecular formula is C93H130N6O33S. The molecule has 0 spiro atoms. The predicted octanol–water partition coefficient (Wildman–Crippen LogP) is 10.1. The van der Waals surface area contributed by atoms with E-state index in [1.165, 1.54) is 24.3 Å². The van der Waals surface area contributed by atoms with Crippen LogP contribution in [0.4, 0.5) is 5.69 Å². The minimum absolute atomic E-state index is 0.0381. The molecule has 0 fully saturated rings. The van der Waals surface area contributed by atoms with Gasteiger partial charge in [0.1, 0.15) is 22.7 Å². The van der Waals surface area contributed by atoms with Crippen LogP contribution in [0.15, 0.2) is 84.9 Å². The Hall–Kier alpha value is -12.6. The van der Waals surface area contributed by atoms with Gasteiger partial charge in [-0.1, -0.05) is 133 Å². The van der Waals surface area contributed by atoms with Gasteiger partial charge in [-0.2, -0.15) is 31.8 Å². The van der Waals surface area contributed by atoms with E-state index in [1.54, 1.807) is 102 Å². The van der Waals surface area contributed by atoms with Gasteiger partial charge in [-0.3, -0.25) is 96.4 Å². The van der Waals surface area contributed by atoms with Gasteiger partial charge in [-0.05, 0) is 134 Å². The number of carboxylic acid groups (broad SMARTS) is 6. The highest BCUT2D eigenvalue weighted by Crippen LogP contribution is 2.28. The minimum Gasteiger partial charge on any atom is -0.481 e. The lowest BCUT2D eigenvalue weighted by Crippen LogP contribution is -2.49. The van der Waals surface area contributed by atoms with Crippen molar-refractivity contribution in [3.63, 3.8) is 0 Å². The average molecular weight is 1890 g/mol. The molecule has 0 saturated carbocycles. The van der Waals surface area contributed by atoms with Crippen LogP contribution in [0.25, 0.3) is 0 Å². The van der Waals surface area contributed by atoms with Crippen molar-refractivity contribution in [2.75, 3.05) is 12.3 Å². The Kier molecular flexibility index (Phi) is 59.7. The van der Waals surface area contributed by atoms with Crippen molar-refractivity contribution in [2.24, 2.45) is 35.0 Å². The van der Waals surface area contributed by atoms with Crippen molar-refractivity contribution < 1.29 is 155 Å². The summed E-state index contributed by atoms with van der Waals surface area (Å²) in [6.07, 6.45) is 4.69. The second-order valence-corrected chi connectivity index (χ2v) is 35.3. The largest absolute Gasteiger partial charge is 0.481 e. The van der Waals surface area contributed by atoms with E-state index in [1.807, 2.05) is 20.8 Å². The van der Waals surface area contributed by atoms with Gasteiger partial charge in [0.05, 0.1) is 66.0 Å². The number of amides is 5. The first-order chi connectivity index (χ1) is 62.4. The molecule has 133 heavy (non-hydrogen) atoms. The summed E-state index contributed by atoms with van der Waals surface area (Å²) in [6, 6.07) is 17.2. The van der Waals surface area contributed by atoms with Gasteiger partial charge in [0.25, 0.3) is 5.69 Å². The summed E-state index contributed by atoms with van der Waals surface area (Å²) in [5.74, 6) is -21.8. The number of ketones is 4. The molecule has 40 heteroatoms. The SMILES string of the molecule is CC(C)(C)OC(=O)CC[C@H](NC(=O)C[C@@H](CCCCCC(=O)Oc1ccc([N+](=O)[O-])cc1)C(=O)OC(C)(C)C)C(C)(C)C.O=C(O)CCCNC(=O)C[C@@H](CCCCCC(=O)CCCCCCCCC(=O)N[C@@H](Cc1ccccc1)C(=O)C[C@@H](Cc1ccccc1)C(=O)N[C@@H](CC(=O)O)C(=O)C[C@@H](CC(=O)O)C(=O)N[C@@H](CC(=O)O)C(=O)C[C@@H](CS)C(=O)O)C(=O)O.O=C=O.O=C=O.